The zero-order valence-corrected chi connectivity index (χ0v) is 11.9. The van der Waals surface area contributed by atoms with E-state index in [1.54, 1.807) is 0 Å². The fraction of sp³-hybridized carbons (Fsp3) is 0.429. The van der Waals surface area contributed by atoms with Gasteiger partial charge in [0, 0.05) is 51.5 Å². The van der Waals surface area contributed by atoms with E-state index in [1.807, 2.05) is 14.1 Å². The molecule has 0 aliphatic carbocycles. The number of H-pyrrole nitrogens is 1. The van der Waals surface area contributed by atoms with Crippen LogP contribution in [0.1, 0.15) is 0 Å². The highest BCUT2D eigenvalue weighted by atomic mass is 15.4. The van der Waals surface area contributed by atoms with E-state index >= 15 is 0 Å². The summed E-state index contributed by atoms with van der Waals surface area (Å²) < 4.78 is 0. The van der Waals surface area contributed by atoms with Crippen LogP contribution in [-0.2, 0) is 0 Å². The van der Waals surface area contributed by atoms with Crippen molar-refractivity contribution in [2.45, 2.75) is 0 Å². The van der Waals surface area contributed by atoms with Crippen LogP contribution in [-0.4, -0.2) is 55.5 Å². The summed E-state index contributed by atoms with van der Waals surface area (Å²) in [6.45, 7) is 3.89. The first-order chi connectivity index (χ1) is 9.74. The molecule has 0 spiro atoms. The van der Waals surface area contributed by atoms with Gasteiger partial charge in [-0.3, -0.25) is 5.10 Å². The van der Waals surface area contributed by atoms with Crippen LogP contribution < -0.4 is 15.1 Å². The summed E-state index contributed by atoms with van der Waals surface area (Å²) in [4.78, 5) is 8.88. The fourth-order valence-corrected chi connectivity index (χ4v) is 2.31. The molecule has 1 fully saturated rings. The Morgan fingerprint density at radius 3 is 2.45 bits per heavy atom. The Labute approximate surface area is 118 Å². The Bertz CT molecular complexity index is 553. The van der Waals surface area contributed by atoms with Gasteiger partial charge in [-0.25, -0.2) is 0 Å². The van der Waals surface area contributed by atoms with Gasteiger partial charge in [-0.2, -0.15) is 4.98 Å². The van der Waals surface area contributed by atoms with Crippen molar-refractivity contribution in [3.8, 4) is 11.4 Å². The molecule has 3 rings (SSSR count). The monoisotopic (exact) mass is 272 g/mol. The quantitative estimate of drug-likeness (QED) is 0.871. The summed E-state index contributed by atoms with van der Waals surface area (Å²) >= 11 is 0. The number of anilines is 2. The largest absolute Gasteiger partial charge is 0.378 e. The van der Waals surface area contributed by atoms with Gasteiger partial charge in [-0.1, -0.05) is 0 Å². The van der Waals surface area contributed by atoms with Crippen LogP contribution in [0.2, 0.25) is 0 Å². The van der Waals surface area contributed by atoms with Crippen LogP contribution >= 0.6 is 0 Å². The summed E-state index contributed by atoms with van der Waals surface area (Å²) in [5.74, 6) is 1.61. The molecule has 6 heteroatoms. The van der Waals surface area contributed by atoms with Crippen molar-refractivity contribution in [3.05, 3.63) is 24.3 Å². The minimum absolute atomic E-state index is 0.790. The molecule has 106 valence electrons. The number of nitrogens with zero attached hydrogens (tertiary/aromatic N) is 4. The van der Waals surface area contributed by atoms with Crippen LogP contribution in [0.4, 0.5) is 11.6 Å². The Morgan fingerprint density at radius 2 is 1.80 bits per heavy atom. The van der Waals surface area contributed by atoms with Crippen LogP contribution in [0.15, 0.2) is 24.3 Å². The molecule has 1 saturated heterocycles. The van der Waals surface area contributed by atoms with E-state index in [2.05, 4.69) is 54.6 Å². The molecule has 2 heterocycles. The van der Waals surface area contributed by atoms with E-state index < -0.39 is 0 Å². The minimum Gasteiger partial charge on any atom is -0.378 e. The van der Waals surface area contributed by atoms with E-state index in [1.165, 1.54) is 5.69 Å². The van der Waals surface area contributed by atoms with Crippen molar-refractivity contribution in [1.29, 1.82) is 0 Å². The highest BCUT2D eigenvalue weighted by molar-refractivity contribution is 5.61. The van der Waals surface area contributed by atoms with Crippen molar-refractivity contribution >= 4 is 11.6 Å². The summed E-state index contributed by atoms with van der Waals surface area (Å²) in [5, 5.41) is 10.7. The van der Waals surface area contributed by atoms with Crippen molar-refractivity contribution in [1.82, 2.24) is 20.5 Å². The highest BCUT2D eigenvalue weighted by Gasteiger charge is 2.15. The van der Waals surface area contributed by atoms with Crippen LogP contribution in [0.25, 0.3) is 11.4 Å². The third-order valence-corrected chi connectivity index (χ3v) is 3.53. The summed E-state index contributed by atoms with van der Waals surface area (Å²) in [7, 11) is 4.07. The predicted octanol–water partition coefficient (Wildman–Crippen LogP) is 0.947. The topological polar surface area (TPSA) is 60.1 Å². The van der Waals surface area contributed by atoms with Gasteiger partial charge in [-0.05, 0) is 24.3 Å². The van der Waals surface area contributed by atoms with Crippen LogP contribution in [0.5, 0.6) is 0 Å². The second-order valence-electron chi connectivity index (χ2n) is 5.16. The predicted molar refractivity (Wildman–Crippen MR) is 81.2 cm³/mol. The first-order valence-corrected chi connectivity index (χ1v) is 6.90. The van der Waals surface area contributed by atoms with Gasteiger partial charge in [-0.15, -0.1) is 5.10 Å². The maximum atomic E-state index is 4.60. The number of rotatable bonds is 3. The maximum Gasteiger partial charge on any atom is 0.245 e. The van der Waals surface area contributed by atoms with Crippen LogP contribution in [0.3, 0.4) is 0 Å². The molecule has 20 heavy (non-hydrogen) atoms. The molecule has 0 unspecified atom stereocenters. The van der Waals surface area contributed by atoms with Gasteiger partial charge in [0.25, 0.3) is 0 Å². The summed E-state index contributed by atoms with van der Waals surface area (Å²) in [6, 6.07) is 8.31. The molecule has 0 amide bonds. The first-order valence-electron chi connectivity index (χ1n) is 6.90. The smallest absolute Gasteiger partial charge is 0.245 e. The van der Waals surface area contributed by atoms with E-state index in [9.17, 15) is 0 Å². The van der Waals surface area contributed by atoms with Crippen molar-refractivity contribution < 1.29 is 0 Å². The van der Waals surface area contributed by atoms with E-state index in [4.69, 9.17) is 0 Å². The lowest BCUT2D eigenvalue weighted by Gasteiger charge is -2.25. The van der Waals surface area contributed by atoms with Gasteiger partial charge in [0.1, 0.15) is 0 Å². The number of nitrogens with one attached hydrogen (secondary N) is 2. The van der Waals surface area contributed by atoms with Crippen LogP contribution in [0, 0.1) is 0 Å². The minimum atomic E-state index is 0.790. The van der Waals surface area contributed by atoms with Gasteiger partial charge >= 0.3 is 0 Å². The molecule has 2 N–H and O–H groups in total. The van der Waals surface area contributed by atoms with Gasteiger partial charge in [0.05, 0.1) is 0 Å². The van der Waals surface area contributed by atoms with Crippen molar-refractivity contribution in [3.63, 3.8) is 0 Å². The molecule has 2 aromatic rings. The molecule has 0 atom stereocenters. The number of aromatic amines is 1. The third kappa shape index (κ3) is 2.60. The van der Waals surface area contributed by atoms with Gasteiger partial charge < -0.3 is 15.1 Å². The standard InChI is InChI=1S/C14H20N6/c1-19(2)12-5-3-11(4-6-12)13-16-14(18-17-13)20-9-7-15-8-10-20/h3-6,15H,7-10H2,1-2H3,(H,16,17,18). The van der Waals surface area contributed by atoms with Gasteiger partial charge in [0.2, 0.25) is 5.95 Å². The zero-order valence-electron chi connectivity index (χ0n) is 11.9. The first kappa shape index (κ1) is 12.9. The molecule has 1 aliphatic rings. The zero-order chi connectivity index (χ0) is 13.9. The summed E-state index contributed by atoms with van der Waals surface area (Å²) in [5.41, 5.74) is 2.24. The molecule has 1 aromatic carbocycles. The molecule has 1 aromatic heterocycles. The van der Waals surface area contributed by atoms with E-state index in [0.717, 1.165) is 43.5 Å². The second kappa shape index (κ2) is 5.50. The van der Waals surface area contributed by atoms with E-state index in [0.29, 0.717) is 0 Å². The Hall–Kier alpha value is -2.08. The lowest BCUT2D eigenvalue weighted by Crippen LogP contribution is -2.44. The number of hydrogen-bond donors (Lipinski definition) is 2. The Kier molecular flexibility index (Phi) is 3.56. The van der Waals surface area contributed by atoms with Crippen molar-refractivity contribution in [2.75, 3.05) is 50.1 Å². The summed E-state index contributed by atoms with van der Waals surface area (Å²) in [6.07, 6.45) is 0. The number of benzene rings is 1. The highest BCUT2D eigenvalue weighted by Crippen LogP contribution is 2.21. The normalized spacial score (nSPS) is 15.4. The second-order valence-corrected chi connectivity index (χ2v) is 5.16. The Balaban J connectivity index is 1.78. The Morgan fingerprint density at radius 1 is 1.10 bits per heavy atom. The average Bonchev–Trinajstić information content (AvgIpc) is 2.98. The number of aromatic nitrogens is 3. The lowest BCUT2D eigenvalue weighted by molar-refractivity contribution is 0.580. The number of hydrogen-bond acceptors (Lipinski definition) is 5. The molecule has 0 saturated carbocycles. The third-order valence-electron chi connectivity index (χ3n) is 3.53. The molecule has 6 nitrogen and oxygen atoms in total. The lowest BCUT2D eigenvalue weighted by atomic mass is 10.2. The number of piperazine rings is 1. The molecule has 0 radical (unpaired) electrons. The van der Waals surface area contributed by atoms with Crippen molar-refractivity contribution in [2.24, 2.45) is 0 Å². The molecule has 0 bridgehead atoms. The van der Waals surface area contributed by atoms with E-state index in [-0.39, 0.29) is 0 Å². The molecular weight excluding hydrogens is 252 g/mol. The molecular formula is C14H20N6. The van der Waals surface area contributed by atoms with Gasteiger partial charge in [0.15, 0.2) is 5.82 Å². The SMILES string of the molecule is CN(C)c1ccc(-c2nc(N3CCNCC3)n[nH]2)cc1. The molecule has 1 aliphatic heterocycles. The maximum absolute atomic E-state index is 4.60. The average molecular weight is 272 g/mol. The fourth-order valence-electron chi connectivity index (χ4n) is 2.31.